The van der Waals surface area contributed by atoms with Gasteiger partial charge in [0.2, 0.25) is 17.6 Å². The number of carbonyl (C=O) groups excluding carboxylic acids is 3. The van der Waals surface area contributed by atoms with Gasteiger partial charge in [0, 0.05) is 68.1 Å². The van der Waals surface area contributed by atoms with Crippen LogP contribution in [0, 0.1) is 11.8 Å². The number of aromatic nitrogens is 5. The number of amides is 3. The average Bonchev–Trinajstić information content (AvgIpc) is 3.79. The lowest BCUT2D eigenvalue weighted by Crippen LogP contribution is -2.52. The molecule has 2 aromatic carbocycles. The Bertz CT molecular complexity index is 2050. The van der Waals surface area contributed by atoms with Gasteiger partial charge in [0.05, 0.1) is 13.2 Å². The number of hydrogen-bond acceptors (Lipinski definition) is 12. The number of hydrogen-bond donors (Lipinski definition) is 5. The van der Waals surface area contributed by atoms with Crippen LogP contribution in [0.5, 0.6) is 0 Å². The predicted molar refractivity (Wildman–Crippen MR) is 223 cm³/mol. The predicted octanol–water partition coefficient (Wildman–Crippen LogP) is 5.07. The number of anilines is 2. The van der Waals surface area contributed by atoms with E-state index in [4.69, 9.17) is 25.1 Å². The van der Waals surface area contributed by atoms with E-state index in [9.17, 15) is 27.6 Å². The molecule has 1 aliphatic carbocycles. The van der Waals surface area contributed by atoms with Gasteiger partial charge in [-0.05, 0) is 105 Å². The fourth-order valence-corrected chi connectivity index (χ4v) is 7.08. The summed E-state index contributed by atoms with van der Waals surface area (Å²) in [5, 5.41) is 27.6. The van der Waals surface area contributed by atoms with Gasteiger partial charge in [0.15, 0.2) is 0 Å². The highest BCUT2D eigenvalue weighted by Gasteiger charge is 2.38. The third-order valence-corrected chi connectivity index (χ3v) is 10.3. The van der Waals surface area contributed by atoms with Crippen LogP contribution in [0.3, 0.4) is 0 Å². The minimum atomic E-state index is -5.08. The summed E-state index contributed by atoms with van der Waals surface area (Å²) in [5.41, 5.74) is 9.59. The fourth-order valence-electron chi connectivity index (χ4n) is 7.08. The highest BCUT2D eigenvalue weighted by Crippen LogP contribution is 2.33. The number of aromatic amines is 1. The molecule has 6 rings (SSSR count). The molecule has 334 valence electrons. The maximum Gasteiger partial charge on any atom is 0.490 e. The Balaban J connectivity index is 0.000000955. The maximum absolute atomic E-state index is 14.5. The highest BCUT2D eigenvalue weighted by atomic mass is 19.4. The van der Waals surface area contributed by atoms with Crippen LogP contribution in [-0.4, -0.2) is 123 Å². The van der Waals surface area contributed by atoms with Crippen LogP contribution in [-0.2, 0) is 30.3 Å². The lowest BCUT2D eigenvalue weighted by molar-refractivity contribution is -0.192. The molecule has 1 aliphatic heterocycles. The standard InChI is InChI=1S/C40H52N10O5.C2HF3O2/c1-40(2,3)55-39(53)44-25-28-6-10-31(11-7-28)38(52)50(33-15-12-30(13-16-33)37-45-47-48-46-37)34(36(41)51)24-27-4-8-29(9-5-27)32-14-17-35(43-26-32)42-18-19-49-20-22-54-23-21-49;3-2(4,5)1(6)7/h4-5,8-9,12-17,26,28,31,34H,6-7,10-11,18-25H2,1-3H3,(H2,41,51)(H,42,43)(H,44,53)(H,45,46,47,48);(H,6,7)/t28?,31?,34-;/m0./s1. The normalized spacial score (nSPS) is 17.5. The summed E-state index contributed by atoms with van der Waals surface area (Å²) in [5.74, 6) is -2.38. The molecule has 3 amide bonds. The molecule has 3 heterocycles. The molecule has 0 bridgehead atoms. The molecular formula is C42H53F3N10O7. The molecule has 2 aliphatic rings. The smallest absolute Gasteiger partial charge is 0.475 e. The Morgan fingerprint density at radius 3 is 2.13 bits per heavy atom. The van der Waals surface area contributed by atoms with Gasteiger partial charge in [-0.3, -0.25) is 19.4 Å². The summed E-state index contributed by atoms with van der Waals surface area (Å²) < 4.78 is 42.5. The van der Waals surface area contributed by atoms with Crippen molar-refractivity contribution in [3.05, 3.63) is 72.4 Å². The van der Waals surface area contributed by atoms with Gasteiger partial charge < -0.3 is 30.9 Å². The van der Waals surface area contributed by atoms with Crippen LogP contribution in [0.1, 0.15) is 52.0 Å². The van der Waals surface area contributed by atoms with Gasteiger partial charge in [0.25, 0.3) is 0 Å². The van der Waals surface area contributed by atoms with Crippen molar-refractivity contribution < 1.29 is 46.9 Å². The number of aliphatic carboxylic acids is 1. The van der Waals surface area contributed by atoms with Crippen LogP contribution in [0.2, 0.25) is 0 Å². The van der Waals surface area contributed by atoms with E-state index in [1.165, 1.54) is 0 Å². The SMILES string of the molecule is CC(C)(C)OC(=O)NCC1CCC(C(=O)N(c2ccc(-c3nn[nH]n3)cc2)[C@@H](Cc2ccc(-c3ccc(NCCN4CCOCC4)nc3)cc2)C(N)=O)CC1.O=C(O)C(F)(F)F. The second-order valence-corrected chi connectivity index (χ2v) is 16.0. The van der Waals surface area contributed by atoms with Crippen molar-refractivity contribution in [1.29, 1.82) is 0 Å². The van der Waals surface area contributed by atoms with Crippen molar-refractivity contribution in [3.63, 3.8) is 0 Å². The van der Waals surface area contributed by atoms with Crippen LogP contribution < -0.4 is 21.3 Å². The van der Waals surface area contributed by atoms with E-state index < -0.39 is 35.8 Å². The lowest BCUT2D eigenvalue weighted by atomic mass is 9.81. The summed E-state index contributed by atoms with van der Waals surface area (Å²) >= 11 is 0. The Morgan fingerprint density at radius 1 is 0.952 bits per heavy atom. The molecule has 1 saturated carbocycles. The number of nitrogens with one attached hydrogen (secondary N) is 3. The molecule has 6 N–H and O–H groups in total. The Kier molecular flexibility index (Phi) is 16.3. The van der Waals surface area contributed by atoms with Gasteiger partial charge in [-0.15, -0.1) is 10.2 Å². The number of tetrazole rings is 1. The van der Waals surface area contributed by atoms with Crippen molar-refractivity contribution in [3.8, 4) is 22.5 Å². The summed E-state index contributed by atoms with van der Waals surface area (Å²) in [6, 6.07) is 18.1. The number of nitrogens with two attached hydrogens (primary N) is 1. The molecule has 1 saturated heterocycles. The zero-order chi connectivity index (χ0) is 44.9. The maximum atomic E-state index is 14.5. The van der Waals surface area contributed by atoms with Crippen molar-refractivity contribution in [1.82, 2.24) is 35.8 Å². The third kappa shape index (κ3) is 14.2. The molecule has 4 aromatic rings. The van der Waals surface area contributed by atoms with E-state index in [0.29, 0.717) is 36.5 Å². The number of alkyl halides is 3. The molecule has 1 atom stereocenters. The first-order valence-electron chi connectivity index (χ1n) is 20.3. The first kappa shape index (κ1) is 46.9. The number of alkyl carbamates (subject to hydrolysis) is 1. The van der Waals surface area contributed by atoms with Gasteiger partial charge in [-0.25, -0.2) is 14.6 Å². The summed E-state index contributed by atoms with van der Waals surface area (Å²) in [6.45, 7) is 11.2. The van der Waals surface area contributed by atoms with E-state index in [-0.39, 0.29) is 24.2 Å². The number of nitrogens with zero attached hydrogens (tertiary/aromatic N) is 6. The summed E-state index contributed by atoms with van der Waals surface area (Å²) in [7, 11) is 0. The largest absolute Gasteiger partial charge is 0.490 e. The molecule has 0 radical (unpaired) electrons. The van der Waals surface area contributed by atoms with E-state index in [1.54, 1.807) is 29.2 Å². The molecule has 17 nitrogen and oxygen atoms in total. The Morgan fingerprint density at radius 2 is 1.58 bits per heavy atom. The number of carbonyl (C=O) groups is 4. The molecule has 2 fully saturated rings. The van der Waals surface area contributed by atoms with Crippen LogP contribution in [0.25, 0.3) is 22.5 Å². The summed E-state index contributed by atoms with van der Waals surface area (Å²) in [6.07, 6.45) is -0.719. The zero-order valence-corrected chi connectivity index (χ0v) is 34.9. The number of morpholine rings is 1. The van der Waals surface area contributed by atoms with Gasteiger partial charge in [0.1, 0.15) is 17.5 Å². The summed E-state index contributed by atoms with van der Waals surface area (Å²) in [4.78, 5) is 57.4. The number of ether oxygens (including phenoxy) is 2. The number of carboxylic acids is 1. The van der Waals surface area contributed by atoms with Crippen molar-refractivity contribution in [2.75, 3.05) is 56.2 Å². The minimum Gasteiger partial charge on any atom is -0.475 e. The number of H-pyrrole nitrogens is 1. The number of carboxylic acid groups (broad SMARTS) is 1. The first-order valence-corrected chi connectivity index (χ1v) is 20.3. The second-order valence-electron chi connectivity index (χ2n) is 16.0. The van der Waals surface area contributed by atoms with Crippen molar-refractivity contribution in [2.45, 2.75) is 70.7 Å². The number of rotatable bonds is 14. The topological polar surface area (TPSA) is 231 Å². The quantitative estimate of drug-likeness (QED) is 0.112. The monoisotopic (exact) mass is 866 g/mol. The van der Waals surface area contributed by atoms with E-state index in [1.807, 2.05) is 63.4 Å². The molecule has 0 spiro atoms. The van der Waals surface area contributed by atoms with Crippen molar-refractivity contribution in [2.24, 2.45) is 17.6 Å². The Labute approximate surface area is 356 Å². The van der Waals surface area contributed by atoms with E-state index in [2.05, 4.69) is 41.1 Å². The van der Waals surface area contributed by atoms with E-state index >= 15 is 0 Å². The van der Waals surface area contributed by atoms with Gasteiger partial charge >= 0.3 is 18.2 Å². The fraction of sp³-hybridized carbons (Fsp3) is 0.476. The van der Waals surface area contributed by atoms with Crippen molar-refractivity contribution >= 4 is 35.4 Å². The number of primary amides is 1. The van der Waals surface area contributed by atoms with Crippen LogP contribution in [0.4, 0.5) is 29.5 Å². The Hall–Kier alpha value is -6.15. The van der Waals surface area contributed by atoms with Gasteiger partial charge in [-0.2, -0.15) is 18.4 Å². The van der Waals surface area contributed by atoms with Crippen LogP contribution in [0.15, 0.2) is 66.9 Å². The molecule has 2 aromatic heterocycles. The molecule has 62 heavy (non-hydrogen) atoms. The molecule has 20 heteroatoms. The first-order chi connectivity index (χ1) is 29.5. The van der Waals surface area contributed by atoms with E-state index in [0.717, 1.165) is 74.7 Å². The van der Waals surface area contributed by atoms with Crippen LogP contribution >= 0.6 is 0 Å². The second kappa shape index (κ2) is 21.6. The van der Waals surface area contributed by atoms with Gasteiger partial charge in [-0.1, -0.05) is 24.3 Å². The average molecular weight is 867 g/mol. The zero-order valence-electron chi connectivity index (χ0n) is 34.9. The molecule has 0 unspecified atom stereocenters. The lowest BCUT2D eigenvalue weighted by Gasteiger charge is -2.36. The number of pyridine rings is 1. The number of benzene rings is 2. The minimum absolute atomic E-state index is 0.156. The third-order valence-electron chi connectivity index (χ3n) is 10.3. The number of halogens is 3. The molecular weight excluding hydrogens is 814 g/mol. The highest BCUT2D eigenvalue weighted by molar-refractivity contribution is 6.01.